The summed E-state index contributed by atoms with van der Waals surface area (Å²) in [5, 5.41) is 10.9. The minimum atomic E-state index is -3.66. The molecule has 0 aliphatic heterocycles. The number of nitrogens with one attached hydrogen (secondary N) is 2. The zero-order chi connectivity index (χ0) is 21.6. The molecule has 1 heterocycles. The van der Waals surface area contributed by atoms with E-state index in [0.29, 0.717) is 22.7 Å². The van der Waals surface area contributed by atoms with Crippen LogP contribution in [0.5, 0.6) is 5.75 Å². The molecule has 0 amide bonds. The van der Waals surface area contributed by atoms with Crippen molar-refractivity contribution in [2.45, 2.75) is 5.75 Å². The van der Waals surface area contributed by atoms with Crippen molar-refractivity contribution in [2.24, 2.45) is 5.14 Å². The fraction of sp³-hybridized carbons (Fsp3) is 0.100. The Hall–Kier alpha value is -3.68. The molecule has 154 valence electrons. The molecule has 0 aliphatic carbocycles. The van der Waals surface area contributed by atoms with E-state index in [2.05, 4.69) is 26.5 Å². The first-order valence-corrected chi connectivity index (χ1v) is 10.4. The van der Waals surface area contributed by atoms with Crippen molar-refractivity contribution in [1.82, 2.24) is 9.97 Å². The second-order valence-electron chi connectivity index (χ2n) is 6.16. The van der Waals surface area contributed by atoms with Gasteiger partial charge in [-0.15, -0.1) is 6.42 Å². The van der Waals surface area contributed by atoms with E-state index in [1.165, 1.54) is 0 Å². The molecule has 0 unspecified atom stereocenters. The highest BCUT2D eigenvalue weighted by atomic mass is 32.2. The molecule has 8 nitrogen and oxygen atoms in total. The standard InChI is InChI=1S/C20H18FN5O3S/c1-2-10-29-17-8-6-15(7-9-17)24-19-18(21)12-23-20(26-19)25-16-5-3-4-14(11-16)13-30(22,27)28/h1,3-9,11-12H,10,13H2,(H2,22,27,28)(H2,23,24,25,26). The van der Waals surface area contributed by atoms with Crippen LogP contribution < -0.4 is 20.5 Å². The highest BCUT2D eigenvalue weighted by Crippen LogP contribution is 2.23. The monoisotopic (exact) mass is 427 g/mol. The molecule has 0 spiro atoms. The fourth-order valence-electron chi connectivity index (χ4n) is 2.51. The summed E-state index contributed by atoms with van der Waals surface area (Å²) >= 11 is 0. The van der Waals surface area contributed by atoms with Gasteiger partial charge in [0.2, 0.25) is 16.0 Å². The van der Waals surface area contributed by atoms with Gasteiger partial charge < -0.3 is 15.4 Å². The predicted molar refractivity (Wildman–Crippen MR) is 113 cm³/mol. The highest BCUT2D eigenvalue weighted by molar-refractivity contribution is 7.88. The van der Waals surface area contributed by atoms with Crippen LogP contribution in [0.4, 0.5) is 27.5 Å². The van der Waals surface area contributed by atoms with Crippen LogP contribution in [0.25, 0.3) is 0 Å². The molecule has 3 aromatic rings. The van der Waals surface area contributed by atoms with E-state index in [1.807, 2.05) is 0 Å². The second kappa shape index (κ2) is 9.21. The third kappa shape index (κ3) is 6.16. The number of halogens is 1. The number of anilines is 4. The SMILES string of the molecule is C#CCOc1ccc(Nc2nc(Nc3cccc(CS(N)(=O)=O)c3)ncc2F)cc1. The molecule has 0 saturated heterocycles. The molecule has 0 bridgehead atoms. The molecule has 0 atom stereocenters. The van der Waals surface area contributed by atoms with Crippen molar-refractivity contribution >= 4 is 33.2 Å². The molecule has 0 aliphatic rings. The first-order chi connectivity index (χ1) is 14.3. The van der Waals surface area contributed by atoms with E-state index < -0.39 is 15.8 Å². The van der Waals surface area contributed by atoms with Crippen LogP contribution in [0, 0.1) is 18.2 Å². The number of hydrogen-bond acceptors (Lipinski definition) is 7. The third-order valence-corrected chi connectivity index (χ3v) is 4.47. The lowest BCUT2D eigenvalue weighted by Gasteiger charge is -2.11. The molecule has 4 N–H and O–H groups in total. The van der Waals surface area contributed by atoms with E-state index in [9.17, 15) is 12.8 Å². The third-order valence-electron chi connectivity index (χ3n) is 3.73. The van der Waals surface area contributed by atoms with Crippen LogP contribution in [0.15, 0.2) is 54.7 Å². The van der Waals surface area contributed by atoms with Crippen molar-refractivity contribution in [2.75, 3.05) is 17.2 Å². The Balaban J connectivity index is 1.74. The number of terminal acetylenes is 1. The van der Waals surface area contributed by atoms with Crippen molar-refractivity contribution in [3.63, 3.8) is 0 Å². The van der Waals surface area contributed by atoms with Crippen LogP contribution in [0.2, 0.25) is 0 Å². The first-order valence-electron chi connectivity index (χ1n) is 8.65. The number of nitrogens with zero attached hydrogens (tertiary/aromatic N) is 2. The highest BCUT2D eigenvalue weighted by Gasteiger charge is 2.10. The molecule has 3 rings (SSSR count). The average molecular weight is 427 g/mol. The maximum absolute atomic E-state index is 14.1. The Morgan fingerprint density at radius 3 is 2.60 bits per heavy atom. The second-order valence-corrected chi connectivity index (χ2v) is 7.78. The van der Waals surface area contributed by atoms with E-state index in [1.54, 1.807) is 48.5 Å². The van der Waals surface area contributed by atoms with Crippen LogP contribution in [-0.4, -0.2) is 25.0 Å². The molecular formula is C20H18FN5O3S. The van der Waals surface area contributed by atoms with Crippen molar-refractivity contribution in [3.05, 3.63) is 66.1 Å². The summed E-state index contributed by atoms with van der Waals surface area (Å²) in [6.45, 7) is 0.154. The van der Waals surface area contributed by atoms with Crippen molar-refractivity contribution in [3.8, 4) is 18.1 Å². The van der Waals surface area contributed by atoms with E-state index >= 15 is 0 Å². The summed E-state index contributed by atoms with van der Waals surface area (Å²) in [4.78, 5) is 8.04. The van der Waals surface area contributed by atoms with Crippen molar-refractivity contribution < 1.29 is 17.5 Å². The topological polar surface area (TPSA) is 119 Å². The number of benzene rings is 2. The van der Waals surface area contributed by atoms with Gasteiger partial charge in [0, 0.05) is 11.4 Å². The molecule has 0 fully saturated rings. The first kappa shape index (κ1) is 21.0. The summed E-state index contributed by atoms with van der Waals surface area (Å²) in [5.74, 6) is 2.10. The summed E-state index contributed by atoms with van der Waals surface area (Å²) in [6.07, 6.45) is 6.17. The predicted octanol–water partition coefficient (Wildman–Crippen LogP) is 2.90. The van der Waals surface area contributed by atoms with Crippen LogP contribution >= 0.6 is 0 Å². The Kier molecular flexibility index (Phi) is 6.46. The average Bonchev–Trinajstić information content (AvgIpc) is 2.69. The van der Waals surface area contributed by atoms with Gasteiger partial charge in [-0.25, -0.2) is 22.9 Å². The lowest BCUT2D eigenvalue weighted by atomic mass is 10.2. The van der Waals surface area contributed by atoms with E-state index in [-0.39, 0.29) is 24.1 Å². The number of rotatable bonds is 8. The zero-order valence-electron chi connectivity index (χ0n) is 15.7. The quantitative estimate of drug-likeness (QED) is 0.473. The molecule has 0 radical (unpaired) electrons. The Labute approximate surface area is 173 Å². The molecule has 0 saturated carbocycles. The number of aromatic nitrogens is 2. The fourth-order valence-corrected chi connectivity index (χ4v) is 3.16. The minimum Gasteiger partial charge on any atom is -0.481 e. The van der Waals surface area contributed by atoms with E-state index in [0.717, 1.165) is 6.20 Å². The Bertz CT molecular complexity index is 1180. The smallest absolute Gasteiger partial charge is 0.229 e. The minimum absolute atomic E-state index is 0.0366. The number of hydrogen-bond donors (Lipinski definition) is 3. The number of sulfonamides is 1. The molecule has 2 aromatic carbocycles. The molecule has 1 aromatic heterocycles. The van der Waals surface area contributed by atoms with Crippen LogP contribution in [0.1, 0.15) is 5.56 Å². The largest absolute Gasteiger partial charge is 0.481 e. The van der Waals surface area contributed by atoms with Gasteiger partial charge >= 0.3 is 0 Å². The van der Waals surface area contributed by atoms with E-state index in [4.69, 9.17) is 16.3 Å². The lowest BCUT2D eigenvalue weighted by molar-refractivity contribution is 0.370. The number of primary sulfonamides is 1. The van der Waals surface area contributed by atoms with Gasteiger partial charge in [0.15, 0.2) is 11.6 Å². The maximum atomic E-state index is 14.1. The Morgan fingerprint density at radius 1 is 1.13 bits per heavy atom. The Morgan fingerprint density at radius 2 is 1.90 bits per heavy atom. The number of ether oxygens (including phenoxy) is 1. The van der Waals surface area contributed by atoms with Gasteiger partial charge in [-0.05, 0) is 42.0 Å². The van der Waals surface area contributed by atoms with Crippen molar-refractivity contribution in [1.29, 1.82) is 0 Å². The summed E-state index contributed by atoms with van der Waals surface area (Å²) in [7, 11) is -3.66. The molecule has 30 heavy (non-hydrogen) atoms. The van der Waals surface area contributed by atoms with Gasteiger partial charge in [-0.1, -0.05) is 18.1 Å². The van der Waals surface area contributed by atoms with Gasteiger partial charge in [0.1, 0.15) is 12.4 Å². The molecule has 10 heteroatoms. The summed E-state index contributed by atoms with van der Waals surface area (Å²) in [5.41, 5.74) is 1.61. The maximum Gasteiger partial charge on any atom is 0.229 e. The van der Waals surface area contributed by atoms with Crippen LogP contribution in [-0.2, 0) is 15.8 Å². The number of nitrogens with two attached hydrogens (primary N) is 1. The van der Waals surface area contributed by atoms with Gasteiger partial charge in [-0.2, -0.15) is 4.98 Å². The molecular weight excluding hydrogens is 409 g/mol. The summed E-state index contributed by atoms with van der Waals surface area (Å²) < 4.78 is 42.0. The summed E-state index contributed by atoms with van der Waals surface area (Å²) in [6, 6.07) is 13.3. The van der Waals surface area contributed by atoms with Gasteiger partial charge in [-0.3, -0.25) is 0 Å². The van der Waals surface area contributed by atoms with Crippen LogP contribution in [0.3, 0.4) is 0 Å². The van der Waals surface area contributed by atoms with Gasteiger partial charge in [0.25, 0.3) is 0 Å². The normalized spacial score (nSPS) is 10.8. The van der Waals surface area contributed by atoms with Gasteiger partial charge in [0.05, 0.1) is 11.9 Å². The lowest BCUT2D eigenvalue weighted by Crippen LogP contribution is -2.14. The zero-order valence-corrected chi connectivity index (χ0v) is 16.5.